The summed E-state index contributed by atoms with van der Waals surface area (Å²) < 4.78 is 69.6. The van der Waals surface area contributed by atoms with Gasteiger partial charge in [0.1, 0.15) is 16.5 Å². The molecule has 6 nitrogen and oxygen atoms in total. The maximum absolute atomic E-state index is 14.1. The maximum atomic E-state index is 14.1. The SMILES string of the molecule is N#Cc1c(CNS(=O)(=O)c2ccc(F)c(F)c2F)nn(-c2ccc(Cl)cc2Cl)c1-c1ccc(Cl)cc1. The number of nitrogens with one attached hydrogen (secondary N) is 1. The highest BCUT2D eigenvalue weighted by Gasteiger charge is 2.27. The molecular weight excluding hydrogens is 560 g/mol. The zero-order chi connectivity index (χ0) is 26.2. The van der Waals surface area contributed by atoms with Gasteiger partial charge in [0.25, 0.3) is 0 Å². The Labute approximate surface area is 218 Å². The van der Waals surface area contributed by atoms with Crippen molar-refractivity contribution in [2.24, 2.45) is 0 Å². The second kappa shape index (κ2) is 10.1. The van der Waals surface area contributed by atoms with Crippen molar-refractivity contribution in [3.05, 3.63) is 98.4 Å². The summed E-state index contributed by atoms with van der Waals surface area (Å²) >= 11 is 18.3. The standard InChI is InChI=1S/C23H12Cl3F3N4O2S/c24-13-3-1-12(2-4-13)23-15(10-30)18(32-33(23)19-7-5-14(25)9-16(19)26)11-31-36(34,35)20-8-6-17(27)21(28)22(20)29/h1-9,31H,11H2. The highest BCUT2D eigenvalue weighted by molar-refractivity contribution is 7.89. The number of aromatic nitrogens is 2. The van der Waals surface area contributed by atoms with E-state index in [1.807, 2.05) is 6.07 Å². The van der Waals surface area contributed by atoms with Crippen molar-refractivity contribution in [3.63, 3.8) is 0 Å². The third-order valence-corrected chi connectivity index (χ3v) is 7.25. The summed E-state index contributed by atoms with van der Waals surface area (Å²) in [5.41, 5.74) is 1.06. The number of halogens is 6. The van der Waals surface area contributed by atoms with Gasteiger partial charge in [0.15, 0.2) is 17.5 Å². The average molecular weight is 572 g/mol. The van der Waals surface area contributed by atoms with Crippen LogP contribution in [0.15, 0.2) is 59.5 Å². The number of rotatable bonds is 6. The number of hydrogen-bond donors (Lipinski definition) is 1. The lowest BCUT2D eigenvalue weighted by Crippen LogP contribution is -2.25. The molecule has 13 heteroatoms. The third-order valence-electron chi connectivity index (χ3n) is 5.04. The Morgan fingerprint density at radius 1 is 0.944 bits per heavy atom. The van der Waals surface area contributed by atoms with Crippen molar-refractivity contribution in [1.29, 1.82) is 5.26 Å². The number of benzene rings is 3. The minimum absolute atomic E-state index is 0.0169. The first-order valence-corrected chi connectivity index (χ1v) is 12.5. The second-order valence-corrected chi connectivity index (χ2v) is 10.3. The Bertz CT molecular complexity index is 1640. The number of hydrogen-bond acceptors (Lipinski definition) is 4. The Balaban J connectivity index is 1.82. The van der Waals surface area contributed by atoms with Crippen molar-refractivity contribution in [2.45, 2.75) is 11.4 Å². The molecule has 0 bridgehead atoms. The second-order valence-electron chi connectivity index (χ2n) is 7.29. The first-order chi connectivity index (χ1) is 17.0. The van der Waals surface area contributed by atoms with Crippen LogP contribution in [0.1, 0.15) is 11.3 Å². The van der Waals surface area contributed by atoms with Crippen LogP contribution < -0.4 is 4.72 Å². The minimum atomic E-state index is -4.66. The van der Waals surface area contributed by atoms with Crippen LogP contribution in [0.3, 0.4) is 0 Å². The fraction of sp³-hybridized carbons (Fsp3) is 0.0435. The predicted molar refractivity (Wildman–Crippen MR) is 129 cm³/mol. The van der Waals surface area contributed by atoms with Gasteiger partial charge in [-0.05, 0) is 42.5 Å². The molecule has 4 rings (SSSR count). The van der Waals surface area contributed by atoms with Gasteiger partial charge in [-0.15, -0.1) is 0 Å². The van der Waals surface area contributed by atoms with E-state index in [1.165, 1.54) is 10.7 Å². The quantitative estimate of drug-likeness (QED) is 0.277. The van der Waals surface area contributed by atoms with E-state index in [0.29, 0.717) is 33.4 Å². The number of nitriles is 1. The molecule has 0 aliphatic heterocycles. The summed E-state index contributed by atoms with van der Waals surface area (Å²) in [7, 11) is -4.66. The molecule has 1 N–H and O–H groups in total. The molecule has 0 saturated heterocycles. The van der Waals surface area contributed by atoms with Gasteiger partial charge in [-0.1, -0.05) is 46.9 Å². The lowest BCUT2D eigenvalue weighted by atomic mass is 10.1. The van der Waals surface area contributed by atoms with Crippen LogP contribution in [0.2, 0.25) is 15.1 Å². The summed E-state index contributed by atoms with van der Waals surface area (Å²) in [5.74, 6) is -5.34. The van der Waals surface area contributed by atoms with Crippen molar-refractivity contribution in [1.82, 2.24) is 14.5 Å². The molecule has 0 amide bonds. The normalized spacial score (nSPS) is 11.5. The molecule has 0 spiro atoms. The molecule has 0 saturated carbocycles. The van der Waals surface area contributed by atoms with Crippen molar-refractivity contribution < 1.29 is 21.6 Å². The van der Waals surface area contributed by atoms with Gasteiger partial charge in [0.05, 0.1) is 28.6 Å². The molecule has 1 heterocycles. The molecule has 1 aromatic heterocycles. The summed E-state index contributed by atoms with van der Waals surface area (Å²) in [6.45, 7) is -0.581. The van der Waals surface area contributed by atoms with E-state index < -0.39 is 38.9 Å². The van der Waals surface area contributed by atoms with Gasteiger partial charge in [-0.2, -0.15) is 10.4 Å². The molecule has 4 aromatic rings. The minimum Gasteiger partial charge on any atom is -0.230 e. The van der Waals surface area contributed by atoms with Crippen LogP contribution in [-0.4, -0.2) is 18.2 Å². The van der Waals surface area contributed by atoms with E-state index in [9.17, 15) is 26.9 Å². The van der Waals surface area contributed by atoms with Crippen LogP contribution in [-0.2, 0) is 16.6 Å². The number of nitrogens with zero attached hydrogens (tertiary/aromatic N) is 3. The van der Waals surface area contributed by atoms with Gasteiger partial charge in [0.2, 0.25) is 10.0 Å². The Hall–Kier alpha value is -3.07. The van der Waals surface area contributed by atoms with Crippen molar-refractivity contribution in [2.75, 3.05) is 0 Å². The van der Waals surface area contributed by atoms with E-state index in [1.54, 1.807) is 36.4 Å². The molecule has 0 aliphatic carbocycles. The van der Waals surface area contributed by atoms with E-state index >= 15 is 0 Å². The summed E-state index contributed by atoms with van der Waals surface area (Å²) in [5, 5.41) is 15.3. The van der Waals surface area contributed by atoms with Gasteiger partial charge in [0, 0.05) is 15.6 Å². The van der Waals surface area contributed by atoms with E-state index in [-0.39, 0.29) is 22.0 Å². The van der Waals surface area contributed by atoms with Gasteiger partial charge < -0.3 is 0 Å². The van der Waals surface area contributed by atoms with Crippen LogP contribution >= 0.6 is 34.8 Å². The molecule has 3 aromatic carbocycles. The Morgan fingerprint density at radius 2 is 1.61 bits per heavy atom. The third kappa shape index (κ3) is 4.93. The van der Waals surface area contributed by atoms with Crippen molar-refractivity contribution in [3.8, 4) is 23.0 Å². The smallest absolute Gasteiger partial charge is 0.230 e. The highest BCUT2D eigenvalue weighted by atomic mass is 35.5. The first-order valence-electron chi connectivity index (χ1n) is 9.90. The van der Waals surface area contributed by atoms with Crippen LogP contribution in [0.25, 0.3) is 16.9 Å². The molecule has 0 aliphatic rings. The van der Waals surface area contributed by atoms with E-state index in [0.717, 1.165) is 0 Å². The Kier molecular flexibility index (Phi) is 7.31. The molecule has 0 unspecified atom stereocenters. The Morgan fingerprint density at radius 3 is 2.25 bits per heavy atom. The molecule has 0 fully saturated rings. The molecule has 0 radical (unpaired) electrons. The zero-order valence-corrected chi connectivity index (χ0v) is 20.8. The predicted octanol–water partition coefficient (Wildman–Crippen LogP) is 6.27. The van der Waals surface area contributed by atoms with Gasteiger partial charge >= 0.3 is 0 Å². The largest absolute Gasteiger partial charge is 0.243 e. The zero-order valence-electron chi connectivity index (χ0n) is 17.7. The molecule has 0 atom stereocenters. The topological polar surface area (TPSA) is 87.8 Å². The summed E-state index contributed by atoms with van der Waals surface area (Å²) in [6.07, 6.45) is 0. The van der Waals surface area contributed by atoms with Gasteiger partial charge in [-0.3, -0.25) is 0 Å². The average Bonchev–Trinajstić information content (AvgIpc) is 3.20. The monoisotopic (exact) mass is 570 g/mol. The lowest BCUT2D eigenvalue weighted by molar-refractivity contribution is 0.431. The fourth-order valence-electron chi connectivity index (χ4n) is 3.36. The summed E-state index contributed by atoms with van der Waals surface area (Å²) in [6, 6.07) is 14.1. The maximum Gasteiger partial charge on any atom is 0.243 e. The van der Waals surface area contributed by atoms with E-state index in [4.69, 9.17) is 34.8 Å². The lowest BCUT2D eigenvalue weighted by Gasteiger charge is -2.10. The fourth-order valence-corrected chi connectivity index (χ4v) is 5.03. The first kappa shape index (κ1) is 26.0. The number of sulfonamides is 1. The van der Waals surface area contributed by atoms with Crippen LogP contribution in [0.4, 0.5) is 13.2 Å². The van der Waals surface area contributed by atoms with Gasteiger partial charge in [-0.25, -0.2) is 31.0 Å². The molecule has 36 heavy (non-hydrogen) atoms. The van der Waals surface area contributed by atoms with Crippen LogP contribution in [0.5, 0.6) is 0 Å². The van der Waals surface area contributed by atoms with Crippen molar-refractivity contribution >= 4 is 44.8 Å². The molecular formula is C23H12Cl3F3N4O2S. The molecule has 184 valence electrons. The van der Waals surface area contributed by atoms with E-state index in [2.05, 4.69) is 9.82 Å². The summed E-state index contributed by atoms with van der Waals surface area (Å²) in [4.78, 5) is -1.10. The van der Waals surface area contributed by atoms with Crippen LogP contribution in [0, 0.1) is 28.8 Å². The highest BCUT2D eigenvalue weighted by Crippen LogP contribution is 2.33.